The highest BCUT2D eigenvalue weighted by Crippen LogP contribution is 2.13. The summed E-state index contributed by atoms with van der Waals surface area (Å²) in [6, 6.07) is 7.48. The molecule has 4 heteroatoms. The molecular formula is C19H29NO3. The summed E-state index contributed by atoms with van der Waals surface area (Å²) in [4.78, 5) is 24.4. The highest BCUT2D eigenvalue weighted by Gasteiger charge is 2.28. The van der Waals surface area contributed by atoms with Gasteiger partial charge in [0, 0.05) is 6.42 Å². The minimum absolute atomic E-state index is 0.0206. The lowest BCUT2D eigenvalue weighted by atomic mass is 10.0. The summed E-state index contributed by atoms with van der Waals surface area (Å²) in [5, 5.41) is 2.81. The minimum atomic E-state index is -0.612. The average molecular weight is 319 g/mol. The van der Waals surface area contributed by atoms with Crippen molar-refractivity contribution in [1.29, 1.82) is 0 Å². The van der Waals surface area contributed by atoms with Crippen LogP contribution in [0.5, 0.6) is 0 Å². The molecule has 0 fully saturated rings. The summed E-state index contributed by atoms with van der Waals surface area (Å²) in [5.74, 6) is -0.528. The Morgan fingerprint density at radius 2 is 1.87 bits per heavy atom. The van der Waals surface area contributed by atoms with Crippen LogP contribution >= 0.6 is 0 Å². The van der Waals surface area contributed by atoms with Crippen LogP contribution < -0.4 is 5.32 Å². The number of ether oxygens (including phenoxy) is 1. The van der Waals surface area contributed by atoms with Gasteiger partial charge in [-0.25, -0.2) is 4.79 Å². The van der Waals surface area contributed by atoms with Crippen LogP contribution in [0.15, 0.2) is 24.3 Å². The molecule has 1 amide bonds. The third-order valence-corrected chi connectivity index (χ3v) is 3.37. The highest BCUT2D eigenvalue weighted by molar-refractivity contribution is 5.84. The van der Waals surface area contributed by atoms with E-state index in [0.717, 1.165) is 5.56 Å². The number of amides is 1. The van der Waals surface area contributed by atoms with E-state index in [4.69, 9.17) is 4.74 Å². The Bertz CT molecular complexity index is 544. The van der Waals surface area contributed by atoms with Gasteiger partial charge in [-0.1, -0.05) is 43.7 Å². The first kappa shape index (κ1) is 19.2. The summed E-state index contributed by atoms with van der Waals surface area (Å²) in [5.41, 5.74) is 1.74. The Morgan fingerprint density at radius 1 is 1.22 bits per heavy atom. The molecule has 0 aliphatic rings. The molecule has 1 rings (SSSR count). The summed E-state index contributed by atoms with van der Waals surface area (Å²) in [6.07, 6.45) is 1.02. The normalized spacial score (nSPS) is 12.8. The fraction of sp³-hybridized carbons (Fsp3) is 0.579. The van der Waals surface area contributed by atoms with E-state index in [1.54, 1.807) is 0 Å². The molecule has 0 aliphatic carbocycles. The Morgan fingerprint density at radius 3 is 2.39 bits per heavy atom. The van der Waals surface area contributed by atoms with Crippen LogP contribution in [0.4, 0.5) is 0 Å². The van der Waals surface area contributed by atoms with E-state index in [-0.39, 0.29) is 17.8 Å². The summed E-state index contributed by atoms with van der Waals surface area (Å²) >= 11 is 0. The topological polar surface area (TPSA) is 55.4 Å². The molecule has 1 aromatic carbocycles. The quantitative estimate of drug-likeness (QED) is 0.818. The van der Waals surface area contributed by atoms with E-state index in [2.05, 4.69) is 11.4 Å². The van der Waals surface area contributed by atoms with E-state index < -0.39 is 11.6 Å². The van der Waals surface area contributed by atoms with Gasteiger partial charge in [-0.15, -0.1) is 0 Å². The maximum Gasteiger partial charge on any atom is 0.329 e. The number of carbonyl (C=O) groups excluding carboxylic acids is 2. The smallest absolute Gasteiger partial charge is 0.329 e. The van der Waals surface area contributed by atoms with Crippen molar-refractivity contribution in [3.05, 3.63) is 35.4 Å². The Labute approximate surface area is 139 Å². The average Bonchev–Trinajstić information content (AvgIpc) is 2.40. The van der Waals surface area contributed by atoms with Gasteiger partial charge in [0.05, 0.1) is 0 Å². The molecule has 1 N–H and O–H groups in total. The summed E-state index contributed by atoms with van der Waals surface area (Å²) in [7, 11) is 0. The van der Waals surface area contributed by atoms with E-state index in [1.807, 2.05) is 59.7 Å². The second kappa shape index (κ2) is 8.14. The first-order valence-electron chi connectivity index (χ1n) is 8.16. The highest BCUT2D eigenvalue weighted by atomic mass is 16.6. The third-order valence-electron chi connectivity index (χ3n) is 3.37. The van der Waals surface area contributed by atoms with Crippen molar-refractivity contribution in [3.63, 3.8) is 0 Å². The lowest BCUT2D eigenvalue weighted by Gasteiger charge is -2.26. The number of hydrogen-bond donors (Lipinski definition) is 1. The van der Waals surface area contributed by atoms with Crippen LogP contribution in [0.3, 0.4) is 0 Å². The Kier molecular flexibility index (Phi) is 6.79. The Hall–Kier alpha value is -1.84. The second-order valence-electron chi connectivity index (χ2n) is 7.31. The van der Waals surface area contributed by atoms with Crippen molar-refractivity contribution in [3.8, 4) is 0 Å². The number of benzene rings is 1. The summed E-state index contributed by atoms with van der Waals surface area (Å²) in [6.45, 7) is 11.3. The largest absolute Gasteiger partial charge is 0.458 e. The molecule has 0 bridgehead atoms. The fourth-order valence-corrected chi connectivity index (χ4v) is 2.23. The zero-order valence-electron chi connectivity index (χ0n) is 15.1. The SMILES string of the molecule is Cc1cccc(CCC(=O)NC(C(=O)OC(C)(C)C)C(C)C)c1. The van der Waals surface area contributed by atoms with Gasteiger partial charge in [0.25, 0.3) is 0 Å². The van der Waals surface area contributed by atoms with E-state index in [9.17, 15) is 9.59 Å². The summed E-state index contributed by atoms with van der Waals surface area (Å²) < 4.78 is 5.39. The van der Waals surface area contributed by atoms with Crippen LogP contribution in [0.1, 0.15) is 52.2 Å². The van der Waals surface area contributed by atoms with E-state index >= 15 is 0 Å². The molecule has 0 radical (unpaired) electrons. The third kappa shape index (κ3) is 7.31. The molecule has 0 aliphatic heterocycles. The van der Waals surface area contributed by atoms with Crippen molar-refractivity contribution in [1.82, 2.24) is 5.32 Å². The molecule has 1 atom stereocenters. The number of esters is 1. The molecule has 4 nitrogen and oxygen atoms in total. The van der Waals surface area contributed by atoms with Crippen molar-refractivity contribution in [2.24, 2.45) is 5.92 Å². The predicted octanol–water partition coefficient (Wildman–Crippen LogP) is 3.41. The van der Waals surface area contributed by atoms with Gasteiger partial charge < -0.3 is 10.1 Å². The number of aryl methyl sites for hydroxylation is 2. The van der Waals surface area contributed by atoms with Gasteiger partial charge >= 0.3 is 5.97 Å². The first-order chi connectivity index (χ1) is 10.6. The molecule has 0 saturated carbocycles. The van der Waals surface area contributed by atoms with Gasteiger partial charge in [0.15, 0.2) is 0 Å². The molecule has 23 heavy (non-hydrogen) atoms. The van der Waals surface area contributed by atoms with Gasteiger partial charge in [-0.3, -0.25) is 4.79 Å². The lowest BCUT2D eigenvalue weighted by molar-refractivity contribution is -0.160. The van der Waals surface area contributed by atoms with Crippen LogP contribution in [-0.4, -0.2) is 23.5 Å². The van der Waals surface area contributed by atoms with Crippen LogP contribution in [-0.2, 0) is 20.7 Å². The molecule has 0 saturated heterocycles. The standard InChI is InChI=1S/C19H29NO3/c1-13(2)17(18(22)23-19(4,5)6)20-16(21)11-10-15-9-7-8-14(3)12-15/h7-9,12-13,17H,10-11H2,1-6H3,(H,20,21). The molecule has 1 aromatic rings. The van der Waals surface area contributed by atoms with E-state index in [0.29, 0.717) is 12.8 Å². The second-order valence-corrected chi connectivity index (χ2v) is 7.31. The fourth-order valence-electron chi connectivity index (χ4n) is 2.23. The molecule has 0 aromatic heterocycles. The van der Waals surface area contributed by atoms with Gasteiger partial charge in [-0.2, -0.15) is 0 Å². The van der Waals surface area contributed by atoms with Gasteiger partial charge in [0.1, 0.15) is 11.6 Å². The number of rotatable bonds is 6. The van der Waals surface area contributed by atoms with Crippen LogP contribution in [0.25, 0.3) is 0 Å². The van der Waals surface area contributed by atoms with Crippen molar-refractivity contribution in [2.75, 3.05) is 0 Å². The molecule has 1 unspecified atom stereocenters. The van der Waals surface area contributed by atoms with Crippen LogP contribution in [0, 0.1) is 12.8 Å². The van der Waals surface area contributed by atoms with E-state index in [1.165, 1.54) is 5.56 Å². The maximum absolute atomic E-state index is 12.2. The molecular weight excluding hydrogens is 290 g/mol. The number of carbonyl (C=O) groups is 2. The predicted molar refractivity (Wildman–Crippen MR) is 92.1 cm³/mol. The van der Waals surface area contributed by atoms with Crippen molar-refractivity contribution < 1.29 is 14.3 Å². The lowest BCUT2D eigenvalue weighted by Crippen LogP contribution is -2.47. The monoisotopic (exact) mass is 319 g/mol. The zero-order chi connectivity index (χ0) is 17.6. The first-order valence-corrected chi connectivity index (χ1v) is 8.16. The number of nitrogens with one attached hydrogen (secondary N) is 1. The maximum atomic E-state index is 12.2. The van der Waals surface area contributed by atoms with Crippen LogP contribution in [0.2, 0.25) is 0 Å². The molecule has 0 heterocycles. The Balaban J connectivity index is 2.59. The zero-order valence-corrected chi connectivity index (χ0v) is 15.1. The van der Waals surface area contributed by atoms with Crippen molar-refractivity contribution in [2.45, 2.75) is 66.0 Å². The van der Waals surface area contributed by atoms with Gasteiger partial charge in [-0.05, 0) is 45.6 Å². The van der Waals surface area contributed by atoms with Crippen molar-refractivity contribution >= 4 is 11.9 Å². The molecule has 0 spiro atoms. The number of hydrogen-bond acceptors (Lipinski definition) is 3. The molecule has 128 valence electrons. The van der Waals surface area contributed by atoms with Gasteiger partial charge in [0.2, 0.25) is 5.91 Å². The minimum Gasteiger partial charge on any atom is -0.458 e.